The second kappa shape index (κ2) is 11.0. The fourth-order valence-electron chi connectivity index (χ4n) is 1.33. The largest absolute Gasteiger partial charge is 1.00 e. The molecule has 0 aromatic rings. The van der Waals surface area contributed by atoms with Crippen molar-refractivity contribution >= 4 is 10.1 Å². The van der Waals surface area contributed by atoms with Gasteiger partial charge in [0.25, 0.3) is 0 Å². The zero-order valence-electron chi connectivity index (χ0n) is 9.91. The van der Waals surface area contributed by atoms with Crippen molar-refractivity contribution in [3.05, 3.63) is 5.75 Å². The van der Waals surface area contributed by atoms with E-state index in [1.165, 1.54) is 32.1 Å². The minimum absolute atomic E-state index is 0. The minimum Gasteiger partial charge on any atom is -0.309 e. The molecule has 0 spiro atoms. The van der Waals surface area contributed by atoms with Gasteiger partial charge in [0.1, 0.15) is 10.1 Å². The zero-order chi connectivity index (χ0) is 10.9. The van der Waals surface area contributed by atoms with Crippen LogP contribution in [-0.4, -0.2) is 13.0 Å². The number of unbranched alkanes of at least 4 members (excludes halogenated alkanes) is 7. The van der Waals surface area contributed by atoms with E-state index < -0.39 is 10.1 Å². The Hall–Kier alpha value is 0.507. The molecular weight excluding hydrogens is 207 g/mol. The Kier molecular flexibility index (Phi) is 13.1. The molecule has 0 amide bonds. The van der Waals surface area contributed by atoms with Crippen LogP contribution in [0.25, 0.3) is 0 Å². The third-order valence-electron chi connectivity index (χ3n) is 2.14. The molecule has 0 rings (SSSR count). The molecule has 0 unspecified atom stereocenters. The molecule has 1 N–H and O–H groups in total. The van der Waals surface area contributed by atoms with Crippen molar-refractivity contribution in [1.82, 2.24) is 0 Å². The van der Waals surface area contributed by atoms with E-state index in [1.807, 2.05) is 0 Å². The van der Waals surface area contributed by atoms with Crippen LogP contribution in [0.1, 0.15) is 58.3 Å². The monoisotopic (exact) mass is 228 g/mol. The maximum Gasteiger partial charge on any atom is 1.00 e. The summed E-state index contributed by atoms with van der Waals surface area (Å²) in [5.74, 6) is 0.985. The molecule has 0 aliphatic carbocycles. The van der Waals surface area contributed by atoms with Crippen molar-refractivity contribution in [2.75, 3.05) is 0 Å². The first kappa shape index (κ1) is 17.9. The topological polar surface area (TPSA) is 54.4 Å². The Balaban J connectivity index is 0. The van der Waals surface area contributed by atoms with Crippen LogP contribution in [-0.2, 0) is 10.1 Å². The van der Waals surface area contributed by atoms with Gasteiger partial charge in [0.2, 0.25) is 0 Å². The molecule has 0 aliphatic rings. The van der Waals surface area contributed by atoms with Crippen molar-refractivity contribution in [2.45, 2.75) is 58.3 Å². The van der Waals surface area contributed by atoms with Crippen LogP contribution >= 0.6 is 0 Å². The van der Waals surface area contributed by atoms with Gasteiger partial charge in [-0.2, -0.15) is 12.2 Å². The van der Waals surface area contributed by atoms with Crippen LogP contribution in [0.15, 0.2) is 0 Å². The molecule has 0 heterocycles. The fraction of sp³-hybridized carbons (Fsp3) is 0.900. The third-order valence-corrected chi connectivity index (χ3v) is 2.79. The van der Waals surface area contributed by atoms with Crippen molar-refractivity contribution in [3.8, 4) is 0 Å². The average Bonchev–Trinajstić information content (AvgIpc) is 2.08. The SMILES string of the molecule is CCCCCCCCC[CH-]S(=O)(=O)O.[Li+]. The van der Waals surface area contributed by atoms with Crippen LogP contribution in [0.2, 0.25) is 0 Å². The maximum absolute atomic E-state index is 10.3. The molecular formula is C10H21LiO3S. The summed E-state index contributed by atoms with van der Waals surface area (Å²) in [6.07, 6.45) is 8.58. The van der Waals surface area contributed by atoms with Gasteiger partial charge < -0.3 is 4.55 Å². The number of hydrogen-bond donors (Lipinski definition) is 1. The smallest absolute Gasteiger partial charge is 0.309 e. The van der Waals surface area contributed by atoms with Crippen LogP contribution < -0.4 is 18.9 Å². The first-order valence-corrected chi connectivity index (χ1v) is 6.87. The van der Waals surface area contributed by atoms with E-state index in [2.05, 4.69) is 6.92 Å². The van der Waals surface area contributed by atoms with E-state index in [1.54, 1.807) is 0 Å². The molecule has 0 saturated heterocycles. The summed E-state index contributed by atoms with van der Waals surface area (Å²) in [5, 5.41) is 0. The van der Waals surface area contributed by atoms with E-state index in [0.717, 1.165) is 18.6 Å². The molecule has 0 radical (unpaired) electrons. The van der Waals surface area contributed by atoms with E-state index >= 15 is 0 Å². The zero-order valence-corrected chi connectivity index (χ0v) is 10.7. The summed E-state index contributed by atoms with van der Waals surface area (Å²) in [4.78, 5) is 0. The molecule has 0 aromatic carbocycles. The van der Waals surface area contributed by atoms with Crippen LogP contribution in [0.3, 0.4) is 0 Å². The molecule has 15 heavy (non-hydrogen) atoms. The molecule has 5 heteroatoms. The van der Waals surface area contributed by atoms with E-state index in [-0.39, 0.29) is 18.9 Å². The van der Waals surface area contributed by atoms with Gasteiger partial charge in [-0.25, -0.2) is 8.42 Å². The predicted molar refractivity (Wildman–Crippen MR) is 58.5 cm³/mol. The van der Waals surface area contributed by atoms with Crippen LogP contribution in [0.5, 0.6) is 0 Å². The van der Waals surface area contributed by atoms with Gasteiger partial charge in [-0.3, -0.25) is 0 Å². The molecule has 3 nitrogen and oxygen atoms in total. The summed E-state index contributed by atoms with van der Waals surface area (Å²) < 4.78 is 29.0. The minimum atomic E-state index is -3.85. The first-order valence-electron chi connectivity index (χ1n) is 5.37. The Morgan fingerprint density at radius 3 is 1.93 bits per heavy atom. The maximum atomic E-state index is 10.3. The second-order valence-electron chi connectivity index (χ2n) is 3.59. The molecule has 0 aromatic heterocycles. The standard InChI is InChI=1S/C10H21O3S.Li/c1-2-3-4-5-6-7-8-9-10-14(11,12)13;/h10H,2-9H2,1H3,(H,11,12,13);/q-1;+1. The Labute approximate surface area is 106 Å². The van der Waals surface area contributed by atoms with Gasteiger partial charge in [0.15, 0.2) is 0 Å². The Morgan fingerprint density at radius 1 is 1.00 bits per heavy atom. The van der Waals surface area contributed by atoms with Crippen LogP contribution in [0.4, 0.5) is 0 Å². The van der Waals surface area contributed by atoms with Gasteiger partial charge in [-0.05, 0) is 0 Å². The van der Waals surface area contributed by atoms with Gasteiger partial charge in [0.05, 0.1) is 0 Å². The fourth-order valence-corrected chi connectivity index (χ4v) is 1.80. The number of rotatable bonds is 9. The molecule has 0 bridgehead atoms. The molecule has 86 valence electrons. The van der Waals surface area contributed by atoms with Crippen molar-refractivity contribution < 1.29 is 31.8 Å². The Morgan fingerprint density at radius 2 is 1.47 bits per heavy atom. The Bertz CT molecular complexity index is 215. The normalized spacial score (nSPS) is 11.1. The molecule has 0 fully saturated rings. The predicted octanol–water partition coefficient (Wildman–Crippen LogP) is 0.181. The number of hydrogen-bond acceptors (Lipinski definition) is 2. The molecule has 0 atom stereocenters. The van der Waals surface area contributed by atoms with E-state index in [0.29, 0.717) is 6.42 Å². The van der Waals surface area contributed by atoms with Crippen LogP contribution in [0, 0.1) is 5.75 Å². The van der Waals surface area contributed by atoms with Crippen molar-refractivity contribution in [1.29, 1.82) is 0 Å². The summed E-state index contributed by atoms with van der Waals surface area (Å²) in [7, 11) is -3.85. The second-order valence-corrected chi connectivity index (χ2v) is 4.95. The van der Waals surface area contributed by atoms with E-state index in [4.69, 9.17) is 4.55 Å². The summed E-state index contributed by atoms with van der Waals surface area (Å²) in [5.41, 5.74) is 0. The van der Waals surface area contributed by atoms with Gasteiger partial charge in [-0.1, -0.05) is 51.9 Å². The van der Waals surface area contributed by atoms with Gasteiger partial charge in [0, 0.05) is 0 Å². The molecule has 0 aliphatic heterocycles. The van der Waals surface area contributed by atoms with Gasteiger partial charge in [-0.15, -0.1) is 0 Å². The summed E-state index contributed by atoms with van der Waals surface area (Å²) >= 11 is 0. The molecule has 0 saturated carbocycles. The summed E-state index contributed by atoms with van der Waals surface area (Å²) in [6.45, 7) is 2.18. The summed E-state index contributed by atoms with van der Waals surface area (Å²) in [6, 6.07) is 0. The third kappa shape index (κ3) is 17.1. The quantitative estimate of drug-likeness (QED) is 0.265. The van der Waals surface area contributed by atoms with Crippen molar-refractivity contribution in [2.24, 2.45) is 0 Å². The van der Waals surface area contributed by atoms with Crippen molar-refractivity contribution in [3.63, 3.8) is 0 Å². The average molecular weight is 228 g/mol. The van der Waals surface area contributed by atoms with Gasteiger partial charge >= 0.3 is 18.9 Å². The first-order chi connectivity index (χ1) is 6.56. The van der Waals surface area contributed by atoms with E-state index in [9.17, 15) is 8.42 Å².